The molecule has 0 bridgehead atoms. The average molecular weight is 533 g/mol. The van der Waals surface area contributed by atoms with Crippen molar-refractivity contribution >= 4 is 17.7 Å². The van der Waals surface area contributed by atoms with Crippen molar-refractivity contribution in [3.8, 4) is 22.4 Å². The van der Waals surface area contributed by atoms with Crippen LogP contribution in [-0.2, 0) is 10.3 Å². The van der Waals surface area contributed by atoms with Crippen LogP contribution in [0.25, 0.3) is 22.4 Å². The number of carboxylic acid groups (broad SMARTS) is 1. The van der Waals surface area contributed by atoms with E-state index in [4.69, 9.17) is 5.73 Å². The minimum atomic E-state index is -0.918. The summed E-state index contributed by atoms with van der Waals surface area (Å²) in [7, 11) is 1.60. The molecule has 1 unspecified atom stereocenters. The molecule has 1 heterocycles. The maximum Gasteiger partial charge on any atom is 0.407 e. The maximum absolute atomic E-state index is 15.1. The Morgan fingerprint density at radius 1 is 1.10 bits per heavy atom. The number of rotatable bonds is 8. The van der Waals surface area contributed by atoms with Crippen LogP contribution in [0, 0.1) is 11.7 Å². The van der Waals surface area contributed by atoms with Gasteiger partial charge in [-0.05, 0) is 62.6 Å². The SMILES string of the molecule is CCC(C)(N)c1ccc(-c2ncc(NC(=O)C[C@H]3CC[C@H](N(C)C(=O)O)CC3)cc2-c2ccccc2)cc1F. The lowest BCUT2D eigenvalue weighted by molar-refractivity contribution is -0.117. The smallest absolute Gasteiger partial charge is 0.407 e. The van der Waals surface area contributed by atoms with Crippen LogP contribution < -0.4 is 11.1 Å². The van der Waals surface area contributed by atoms with Crippen LogP contribution in [0.5, 0.6) is 0 Å². The van der Waals surface area contributed by atoms with Crippen LogP contribution in [0.3, 0.4) is 0 Å². The van der Waals surface area contributed by atoms with Crippen LogP contribution in [0.1, 0.15) is 57.9 Å². The number of benzene rings is 2. The third-order valence-electron chi connectivity index (χ3n) is 7.99. The maximum atomic E-state index is 15.1. The Balaban J connectivity index is 1.53. The number of aromatic nitrogens is 1. The first-order valence-electron chi connectivity index (χ1n) is 13.5. The number of carbonyl (C=O) groups excluding carboxylic acids is 1. The largest absolute Gasteiger partial charge is 0.465 e. The van der Waals surface area contributed by atoms with Gasteiger partial charge in [-0.3, -0.25) is 9.78 Å². The predicted molar refractivity (Wildman–Crippen MR) is 152 cm³/mol. The van der Waals surface area contributed by atoms with Gasteiger partial charge in [0, 0.05) is 41.7 Å². The van der Waals surface area contributed by atoms with E-state index in [0.29, 0.717) is 35.3 Å². The summed E-state index contributed by atoms with van der Waals surface area (Å²) < 4.78 is 15.1. The van der Waals surface area contributed by atoms with Gasteiger partial charge in [0.05, 0.1) is 17.6 Å². The number of pyridine rings is 1. The molecule has 4 rings (SSSR count). The van der Waals surface area contributed by atoms with Crippen molar-refractivity contribution in [3.63, 3.8) is 0 Å². The van der Waals surface area contributed by atoms with Crippen LogP contribution >= 0.6 is 0 Å². The quantitative estimate of drug-likeness (QED) is 0.302. The molecule has 4 N–H and O–H groups in total. The molecule has 1 atom stereocenters. The van der Waals surface area contributed by atoms with E-state index >= 15 is 4.39 Å². The molecule has 2 amide bonds. The first-order valence-corrected chi connectivity index (χ1v) is 13.5. The molecule has 0 spiro atoms. The van der Waals surface area contributed by atoms with Crippen molar-refractivity contribution in [3.05, 3.63) is 72.2 Å². The van der Waals surface area contributed by atoms with Gasteiger partial charge < -0.3 is 21.1 Å². The minimum Gasteiger partial charge on any atom is -0.465 e. The minimum absolute atomic E-state index is 0.00598. The van der Waals surface area contributed by atoms with Gasteiger partial charge in [-0.2, -0.15) is 0 Å². The Bertz CT molecular complexity index is 1320. The number of hydrogen-bond acceptors (Lipinski definition) is 4. The normalized spacial score (nSPS) is 18.7. The third kappa shape index (κ3) is 6.63. The van der Waals surface area contributed by atoms with Crippen molar-refractivity contribution in [1.29, 1.82) is 0 Å². The highest BCUT2D eigenvalue weighted by Crippen LogP contribution is 2.35. The number of anilines is 1. The van der Waals surface area contributed by atoms with Crippen molar-refractivity contribution in [2.75, 3.05) is 12.4 Å². The fourth-order valence-electron chi connectivity index (χ4n) is 5.28. The molecule has 0 aliphatic heterocycles. The number of nitrogens with zero attached hydrogens (tertiary/aromatic N) is 2. The highest BCUT2D eigenvalue weighted by atomic mass is 19.1. The zero-order valence-electron chi connectivity index (χ0n) is 22.8. The molecule has 39 heavy (non-hydrogen) atoms. The molecular weight excluding hydrogens is 495 g/mol. The predicted octanol–water partition coefficient (Wildman–Crippen LogP) is 6.64. The second-order valence-corrected chi connectivity index (χ2v) is 10.8. The van der Waals surface area contributed by atoms with Crippen LogP contribution in [-0.4, -0.2) is 40.1 Å². The molecule has 1 aliphatic rings. The number of nitrogens with one attached hydrogen (secondary N) is 1. The molecular formula is C31H37FN4O3. The summed E-state index contributed by atoms with van der Waals surface area (Å²) in [5.41, 5.74) is 9.48. The van der Waals surface area contributed by atoms with Crippen LogP contribution in [0.2, 0.25) is 0 Å². The summed E-state index contributed by atoms with van der Waals surface area (Å²) >= 11 is 0. The Labute approximate surface area is 229 Å². The van der Waals surface area contributed by atoms with Gasteiger partial charge in [0.1, 0.15) is 5.82 Å². The first-order chi connectivity index (χ1) is 18.6. The van der Waals surface area contributed by atoms with E-state index in [-0.39, 0.29) is 23.7 Å². The third-order valence-corrected chi connectivity index (χ3v) is 7.99. The van der Waals surface area contributed by atoms with Crippen molar-refractivity contribution in [1.82, 2.24) is 9.88 Å². The lowest BCUT2D eigenvalue weighted by atomic mass is 9.83. The lowest BCUT2D eigenvalue weighted by Gasteiger charge is -2.32. The Kier molecular flexibility index (Phi) is 8.65. The van der Waals surface area contributed by atoms with Crippen molar-refractivity contribution in [2.24, 2.45) is 11.7 Å². The summed E-state index contributed by atoms with van der Waals surface area (Å²) in [6, 6.07) is 16.6. The topological polar surface area (TPSA) is 109 Å². The van der Waals surface area contributed by atoms with Gasteiger partial charge in [0.15, 0.2) is 0 Å². The molecule has 7 nitrogen and oxygen atoms in total. The number of carbonyl (C=O) groups is 2. The highest BCUT2D eigenvalue weighted by molar-refractivity contribution is 5.93. The van der Waals surface area contributed by atoms with Gasteiger partial charge in [-0.25, -0.2) is 9.18 Å². The average Bonchev–Trinajstić information content (AvgIpc) is 2.93. The Morgan fingerprint density at radius 3 is 2.41 bits per heavy atom. The summed E-state index contributed by atoms with van der Waals surface area (Å²) in [4.78, 5) is 30.1. The van der Waals surface area contributed by atoms with E-state index in [9.17, 15) is 14.7 Å². The van der Waals surface area contributed by atoms with E-state index in [0.717, 1.165) is 36.8 Å². The molecule has 8 heteroatoms. The summed E-state index contributed by atoms with van der Waals surface area (Å²) in [5, 5.41) is 12.2. The zero-order chi connectivity index (χ0) is 28.2. The molecule has 3 aromatic rings. The van der Waals surface area contributed by atoms with Gasteiger partial charge in [-0.1, -0.05) is 49.4 Å². The van der Waals surface area contributed by atoms with E-state index in [1.165, 1.54) is 11.0 Å². The Morgan fingerprint density at radius 2 is 1.79 bits per heavy atom. The monoisotopic (exact) mass is 532 g/mol. The number of halogens is 1. The van der Waals surface area contributed by atoms with Crippen molar-refractivity contribution < 1.29 is 19.1 Å². The van der Waals surface area contributed by atoms with E-state index in [2.05, 4.69) is 10.3 Å². The highest BCUT2D eigenvalue weighted by Gasteiger charge is 2.28. The second kappa shape index (κ2) is 11.9. The fraction of sp³-hybridized carbons (Fsp3) is 0.387. The van der Waals surface area contributed by atoms with Crippen molar-refractivity contribution in [2.45, 2.75) is 64.0 Å². The molecule has 1 aromatic heterocycles. The van der Waals surface area contributed by atoms with E-state index in [1.54, 1.807) is 19.3 Å². The summed E-state index contributed by atoms with van der Waals surface area (Å²) in [5.74, 6) is -0.264. The fourth-order valence-corrected chi connectivity index (χ4v) is 5.28. The molecule has 1 saturated carbocycles. The number of nitrogens with two attached hydrogens (primary N) is 1. The second-order valence-electron chi connectivity index (χ2n) is 10.8. The molecule has 1 fully saturated rings. The lowest BCUT2D eigenvalue weighted by Crippen LogP contribution is -2.38. The Hall–Kier alpha value is -3.78. The van der Waals surface area contributed by atoms with Gasteiger partial charge in [-0.15, -0.1) is 0 Å². The molecule has 206 valence electrons. The molecule has 2 aromatic carbocycles. The standard InChI is InChI=1S/C31H37FN4O3/c1-4-31(2,33)26-15-12-22(17-27(26)32)29-25(21-8-6-5-7-9-21)18-23(19-34-29)35-28(37)16-20-10-13-24(14-11-20)36(3)30(38)39/h5-9,12,15,17-20,24H,4,10-11,13-14,16,33H2,1-3H3,(H,35,37)(H,38,39)/t20-,24-,31?. The van der Waals surface area contributed by atoms with Crippen LogP contribution in [0.4, 0.5) is 14.9 Å². The first kappa shape index (κ1) is 28.2. The van der Waals surface area contributed by atoms with Gasteiger partial charge >= 0.3 is 6.09 Å². The summed E-state index contributed by atoms with van der Waals surface area (Å²) in [6.45, 7) is 3.74. The number of hydrogen-bond donors (Lipinski definition) is 3. The number of amides is 2. The van der Waals surface area contributed by atoms with E-state index < -0.39 is 11.6 Å². The zero-order valence-corrected chi connectivity index (χ0v) is 22.8. The van der Waals surface area contributed by atoms with Crippen LogP contribution in [0.15, 0.2) is 60.8 Å². The van der Waals surface area contributed by atoms with Gasteiger partial charge in [0.25, 0.3) is 0 Å². The van der Waals surface area contributed by atoms with Gasteiger partial charge in [0.2, 0.25) is 5.91 Å². The molecule has 0 radical (unpaired) electrons. The summed E-state index contributed by atoms with van der Waals surface area (Å²) in [6.07, 6.45) is 4.79. The van der Waals surface area contributed by atoms with E-state index in [1.807, 2.05) is 56.3 Å². The molecule has 0 saturated heterocycles. The molecule has 1 aliphatic carbocycles.